The minimum atomic E-state index is -0.758. The first-order valence-corrected chi connectivity index (χ1v) is 10.6. The lowest BCUT2D eigenvalue weighted by atomic mass is 10.2. The monoisotopic (exact) mass is 452 g/mol. The Morgan fingerprint density at radius 2 is 1.94 bits per heavy atom. The van der Waals surface area contributed by atoms with E-state index in [0.29, 0.717) is 10.2 Å². The predicted molar refractivity (Wildman–Crippen MR) is 123 cm³/mol. The molecule has 3 aromatic heterocycles. The van der Waals surface area contributed by atoms with Crippen LogP contribution in [0.15, 0.2) is 62.5 Å². The van der Waals surface area contributed by atoms with Crippen LogP contribution in [0.4, 0.5) is 11.5 Å². The van der Waals surface area contributed by atoms with Crippen molar-refractivity contribution in [3.63, 3.8) is 0 Å². The van der Waals surface area contributed by atoms with Crippen LogP contribution < -0.4 is 27.4 Å². The summed E-state index contributed by atoms with van der Waals surface area (Å²) in [5.74, 6) is -0.554. The van der Waals surface area contributed by atoms with Gasteiger partial charge in [-0.3, -0.25) is 28.5 Å². The molecule has 10 nitrogen and oxygen atoms in total. The van der Waals surface area contributed by atoms with Gasteiger partial charge in [0.05, 0.1) is 18.3 Å². The number of anilines is 2. The lowest BCUT2D eigenvalue weighted by Crippen LogP contribution is -2.39. The third kappa shape index (κ3) is 3.97. The fourth-order valence-electron chi connectivity index (χ4n) is 3.39. The molecule has 0 unspecified atom stereocenters. The van der Waals surface area contributed by atoms with Crippen molar-refractivity contribution in [1.82, 2.24) is 19.1 Å². The standard InChI is InChI=1S/C21H20N6O4S/c1-25(15(28)7-9-26-12-23-19-14(20(26)30)8-10-32-19)16-17(22)27(21(31)24-18(16)29)11-13-5-3-2-4-6-13/h2-6,8,10,12H,7,9,11,22H2,1H3,(H,24,29,31). The van der Waals surface area contributed by atoms with Crippen LogP contribution in [0, 0.1) is 0 Å². The number of nitrogens with zero attached hydrogens (tertiary/aromatic N) is 4. The molecule has 164 valence electrons. The molecule has 0 radical (unpaired) electrons. The number of carbonyl (C=O) groups excluding carboxylic acids is 1. The number of nitrogens with two attached hydrogens (primary N) is 1. The number of carbonyl (C=O) groups is 1. The fourth-order valence-corrected chi connectivity index (χ4v) is 4.11. The molecule has 0 aliphatic heterocycles. The van der Waals surface area contributed by atoms with Crippen LogP contribution in [0.5, 0.6) is 0 Å². The van der Waals surface area contributed by atoms with Gasteiger partial charge in [0.2, 0.25) is 5.91 Å². The zero-order valence-electron chi connectivity index (χ0n) is 17.1. The minimum Gasteiger partial charge on any atom is -0.383 e. The molecule has 0 fully saturated rings. The van der Waals surface area contributed by atoms with Crippen LogP contribution in [0.3, 0.4) is 0 Å². The number of aromatic amines is 1. The van der Waals surface area contributed by atoms with Crippen LogP contribution >= 0.6 is 11.3 Å². The van der Waals surface area contributed by atoms with Crippen molar-refractivity contribution < 1.29 is 4.79 Å². The Morgan fingerprint density at radius 3 is 2.69 bits per heavy atom. The summed E-state index contributed by atoms with van der Waals surface area (Å²) in [5, 5.41) is 2.27. The molecule has 11 heteroatoms. The number of rotatable bonds is 6. The van der Waals surface area contributed by atoms with Crippen molar-refractivity contribution >= 4 is 39.0 Å². The first-order valence-electron chi connectivity index (χ1n) is 9.72. The summed E-state index contributed by atoms with van der Waals surface area (Å²) < 4.78 is 2.56. The third-order valence-electron chi connectivity index (χ3n) is 5.12. The van der Waals surface area contributed by atoms with Crippen molar-refractivity contribution in [3.05, 3.63) is 84.9 Å². The molecule has 1 amide bonds. The number of thiophene rings is 1. The summed E-state index contributed by atoms with van der Waals surface area (Å²) >= 11 is 1.36. The van der Waals surface area contributed by atoms with Crippen LogP contribution in [-0.4, -0.2) is 32.1 Å². The summed E-state index contributed by atoms with van der Waals surface area (Å²) in [6.45, 7) is 0.224. The molecule has 0 bridgehead atoms. The van der Waals surface area contributed by atoms with E-state index >= 15 is 0 Å². The highest BCUT2D eigenvalue weighted by atomic mass is 32.1. The van der Waals surface area contributed by atoms with E-state index in [1.54, 1.807) is 11.4 Å². The highest BCUT2D eigenvalue weighted by Crippen LogP contribution is 2.17. The second-order valence-electron chi connectivity index (χ2n) is 7.15. The lowest BCUT2D eigenvalue weighted by Gasteiger charge is -2.20. The molecule has 4 rings (SSSR count). The van der Waals surface area contributed by atoms with Gasteiger partial charge in [-0.2, -0.15) is 0 Å². The van der Waals surface area contributed by atoms with Crippen molar-refractivity contribution in [2.75, 3.05) is 17.7 Å². The molecule has 0 saturated carbocycles. The lowest BCUT2D eigenvalue weighted by molar-refractivity contribution is -0.118. The number of nitrogen functional groups attached to an aromatic ring is 1. The number of nitrogens with one attached hydrogen (secondary N) is 1. The number of fused-ring (bicyclic) bond motifs is 1. The number of hydrogen-bond donors (Lipinski definition) is 2. The topological polar surface area (TPSA) is 136 Å². The van der Waals surface area contributed by atoms with Gasteiger partial charge < -0.3 is 10.6 Å². The zero-order valence-corrected chi connectivity index (χ0v) is 18.0. The largest absolute Gasteiger partial charge is 0.383 e. The van der Waals surface area contributed by atoms with E-state index in [4.69, 9.17) is 5.73 Å². The second kappa shape index (κ2) is 8.63. The number of amides is 1. The van der Waals surface area contributed by atoms with Gasteiger partial charge in [0.1, 0.15) is 10.6 Å². The normalized spacial score (nSPS) is 11.0. The average molecular weight is 452 g/mol. The van der Waals surface area contributed by atoms with Crippen LogP contribution in [0.25, 0.3) is 10.2 Å². The van der Waals surface area contributed by atoms with Crippen molar-refractivity contribution in [3.8, 4) is 0 Å². The first kappa shape index (κ1) is 21.2. The number of aryl methyl sites for hydroxylation is 1. The SMILES string of the molecule is CN(C(=O)CCn1cnc2sccc2c1=O)c1c(N)n(Cc2ccccc2)c(=O)[nH]c1=O. The van der Waals surface area contributed by atoms with E-state index in [-0.39, 0.29) is 36.6 Å². The number of H-pyrrole nitrogens is 1. The molecule has 3 N–H and O–H groups in total. The van der Waals surface area contributed by atoms with Gasteiger partial charge in [-0.25, -0.2) is 9.78 Å². The van der Waals surface area contributed by atoms with Crippen molar-refractivity contribution in [1.29, 1.82) is 0 Å². The Balaban J connectivity index is 1.58. The van der Waals surface area contributed by atoms with E-state index in [0.717, 1.165) is 10.5 Å². The van der Waals surface area contributed by atoms with Crippen LogP contribution in [0.1, 0.15) is 12.0 Å². The minimum absolute atomic E-state index is 0.0651. The Labute approximate surface area is 185 Å². The summed E-state index contributed by atoms with van der Waals surface area (Å²) in [6.07, 6.45) is 1.33. The van der Waals surface area contributed by atoms with Crippen molar-refractivity contribution in [2.24, 2.45) is 0 Å². The summed E-state index contributed by atoms with van der Waals surface area (Å²) in [4.78, 5) is 58.2. The molecule has 0 aliphatic rings. The van der Waals surface area contributed by atoms with Crippen LogP contribution in [-0.2, 0) is 17.9 Å². The van der Waals surface area contributed by atoms with Gasteiger partial charge in [-0.1, -0.05) is 30.3 Å². The van der Waals surface area contributed by atoms with Gasteiger partial charge in [0.15, 0.2) is 5.69 Å². The molecule has 32 heavy (non-hydrogen) atoms. The maximum atomic E-state index is 12.8. The number of aromatic nitrogens is 4. The van der Waals surface area contributed by atoms with Crippen molar-refractivity contribution in [2.45, 2.75) is 19.5 Å². The molecule has 4 aromatic rings. The second-order valence-corrected chi connectivity index (χ2v) is 8.04. The van der Waals surface area contributed by atoms with Gasteiger partial charge in [-0.05, 0) is 17.0 Å². The smallest absolute Gasteiger partial charge is 0.330 e. The molecule has 0 spiro atoms. The first-order chi connectivity index (χ1) is 15.4. The maximum Gasteiger partial charge on any atom is 0.330 e. The molecule has 1 aromatic carbocycles. The van der Waals surface area contributed by atoms with E-state index < -0.39 is 17.2 Å². The third-order valence-corrected chi connectivity index (χ3v) is 5.94. The molecule has 0 saturated heterocycles. The molecular formula is C21H20N6O4S. The maximum absolute atomic E-state index is 12.8. The zero-order chi connectivity index (χ0) is 22.8. The van der Waals surface area contributed by atoms with Gasteiger partial charge in [-0.15, -0.1) is 11.3 Å². The average Bonchev–Trinajstić information content (AvgIpc) is 3.26. The fraction of sp³-hybridized carbons (Fsp3) is 0.190. The van der Waals surface area contributed by atoms with E-state index in [1.165, 1.54) is 33.8 Å². The molecular weight excluding hydrogens is 432 g/mol. The van der Waals surface area contributed by atoms with Gasteiger partial charge >= 0.3 is 5.69 Å². The quantitative estimate of drug-likeness (QED) is 0.448. The summed E-state index contributed by atoms with van der Waals surface area (Å²) in [5.41, 5.74) is 5.17. The Morgan fingerprint density at radius 1 is 1.19 bits per heavy atom. The number of benzene rings is 1. The Hall–Kier alpha value is -3.99. The van der Waals surface area contributed by atoms with E-state index in [1.807, 2.05) is 30.3 Å². The van der Waals surface area contributed by atoms with E-state index in [2.05, 4.69) is 9.97 Å². The van der Waals surface area contributed by atoms with Crippen LogP contribution in [0.2, 0.25) is 0 Å². The van der Waals surface area contributed by atoms with Gasteiger partial charge in [0.25, 0.3) is 11.1 Å². The summed E-state index contributed by atoms with van der Waals surface area (Å²) in [7, 11) is 1.41. The molecule has 0 atom stereocenters. The number of hydrogen-bond acceptors (Lipinski definition) is 7. The molecule has 3 heterocycles. The molecule has 0 aliphatic carbocycles. The summed E-state index contributed by atoms with van der Waals surface area (Å²) in [6, 6.07) is 10.8. The predicted octanol–water partition coefficient (Wildman–Crippen LogP) is 0.992. The highest BCUT2D eigenvalue weighted by molar-refractivity contribution is 7.16. The highest BCUT2D eigenvalue weighted by Gasteiger charge is 2.21. The Bertz CT molecular complexity index is 1470. The van der Waals surface area contributed by atoms with E-state index in [9.17, 15) is 19.2 Å². The van der Waals surface area contributed by atoms with Gasteiger partial charge in [0, 0.05) is 20.0 Å². The Kier molecular flexibility index (Phi) is 5.73.